The minimum Gasteiger partial charge on any atom is -0.384 e. The van der Waals surface area contributed by atoms with E-state index in [0.717, 1.165) is 4.47 Å². The lowest BCUT2D eigenvalue weighted by atomic mass is 10.3. The molecule has 1 heterocycles. The monoisotopic (exact) mass is 291 g/mol. The molecule has 2 rings (SSSR count). The molecule has 1 amide bonds. The number of hydrogen-bond donors (Lipinski definition) is 2. The highest BCUT2D eigenvalue weighted by Crippen LogP contribution is 2.21. The zero-order chi connectivity index (χ0) is 12.3. The number of carbonyl (C=O) groups is 1. The number of hydrogen-bond acceptors (Lipinski definition) is 3. The lowest BCUT2D eigenvalue weighted by molar-refractivity contribution is 0.102. The summed E-state index contributed by atoms with van der Waals surface area (Å²) in [6, 6.07) is 12.3. The first-order valence-electron chi connectivity index (χ1n) is 4.95. The fourth-order valence-electron chi connectivity index (χ4n) is 1.33. The summed E-state index contributed by atoms with van der Waals surface area (Å²) in [5.74, 6) is 0.0361. The van der Waals surface area contributed by atoms with Crippen LogP contribution >= 0.6 is 15.9 Å². The van der Waals surface area contributed by atoms with Crippen LogP contribution in [0.5, 0.6) is 0 Å². The van der Waals surface area contributed by atoms with Crippen molar-refractivity contribution in [3.8, 4) is 0 Å². The highest BCUT2D eigenvalue weighted by Gasteiger charge is 2.09. The molecule has 0 saturated carbocycles. The van der Waals surface area contributed by atoms with Gasteiger partial charge in [-0.25, -0.2) is 4.98 Å². The molecule has 0 saturated heterocycles. The van der Waals surface area contributed by atoms with E-state index in [-0.39, 0.29) is 5.91 Å². The number of pyridine rings is 1. The summed E-state index contributed by atoms with van der Waals surface area (Å²) in [5, 5.41) is 2.75. The van der Waals surface area contributed by atoms with Gasteiger partial charge in [-0.15, -0.1) is 0 Å². The predicted octanol–water partition coefficient (Wildman–Crippen LogP) is 2.68. The Balaban J connectivity index is 2.20. The summed E-state index contributed by atoms with van der Waals surface area (Å²) in [7, 11) is 0. The van der Waals surface area contributed by atoms with Gasteiger partial charge in [0.1, 0.15) is 11.5 Å². The molecule has 0 aliphatic carbocycles. The van der Waals surface area contributed by atoms with Crippen LogP contribution in [0.1, 0.15) is 10.5 Å². The maximum atomic E-state index is 11.9. The van der Waals surface area contributed by atoms with E-state index in [9.17, 15) is 4.79 Å². The third-order valence-electron chi connectivity index (χ3n) is 2.13. The van der Waals surface area contributed by atoms with E-state index in [1.807, 2.05) is 18.2 Å². The van der Waals surface area contributed by atoms with Crippen molar-refractivity contribution in [1.29, 1.82) is 0 Å². The summed E-state index contributed by atoms with van der Waals surface area (Å²) >= 11 is 3.35. The van der Waals surface area contributed by atoms with Crippen LogP contribution in [-0.2, 0) is 0 Å². The average molecular weight is 292 g/mol. The third kappa shape index (κ3) is 2.82. The molecule has 5 heteroatoms. The number of benzene rings is 1. The first-order chi connectivity index (χ1) is 8.16. The summed E-state index contributed by atoms with van der Waals surface area (Å²) in [6.45, 7) is 0. The number of nitrogens with one attached hydrogen (secondary N) is 1. The minimum atomic E-state index is -0.288. The van der Waals surface area contributed by atoms with Crippen molar-refractivity contribution < 1.29 is 4.79 Å². The zero-order valence-electron chi connectivity index (χ0n) is 8.85. The first kappa shape index (κ1) is 11.6. The molecule has 0 aliphatic heterocycles. The number of amides is 1. The number of aromatic nitrogens is 1. The van der Waals surface area contributed by atoms with E-state index in [1.54, 1.807) is 24.3 Å². The third-order valence-corrected chi connectivity index (χ3v) is 2.82. The molecule has 1 aromatic heterocycles. The smallest absolute Gasteiger partial charge is 0.274 e. The highest BCUT2D eigenvalue weighted by molar-refractivity contribution is 9.10. The van der Waals surface area contributed by atoms with Crippen molar-refractivity contribution in [2.45, 2.75) is 0 Å². The van der Waals surface area contributed by atoms with E-state index >= 15 is 0 Å². The van der Waals surface area contributed by atoms with Crippen LogP contribution in [0.2, 0.25) is 0 Å². The number of anilines is 2. The second-order valence-electron chi connectivity index (χ2n) is 3.38. The van der Waals surface area contributed by atoms with Crippen LogP contribution < -0.4 is 11.1 Å². The van der Waals surface area contributed by atoms with Gasteiger partial charge in [-0.2, -0.15) is 0 Å². The number of halogens is 1. The van der Waals surface area contributed by atoms with E-state index in [2.05, 4.69) is 26.2 Å². The molecule has 0 fully saturated rings. The summed E-state index contributed by atoms with van der Waals surface area (Å²) in [6.07, 6.45) is 0. The lowest BCUT2D eigenvalue weighted by Crippen LogP contribution is -2.14. The zero-order valence-corrected chi connectivity index (χ0v) is 10.4. The van der Waals surface area contributed by atoms with Gasteiger partial charge in [0.05, 0.1) is 5.69 Å². The van der Waals surface area contributed by atoms with Crippen LogP contribution in [0.4, 0.5) is 11.5 Å². The van der Waals surface area contributed by atoms with Crippen molar-refractivity contribution in [2.75, 3.05) is 11.1 Å². The van der Waals surface area contributed by atoms with Crippen LogP contribution in [0.15, 0.2) is 46.9 Å². The van der Waals surface area contributed by atoms with Crippen molar-refractivity contribution in [1.82, 2.24) is 4.98 Å². The maximum absolute atomic E-state index is 11.9. The Morgan fingerprint density at radius 1 is 1.18 bits per heavy atom. The van der Waals surface area contributed by atoms with Crippen molar-refractivity contribution in [3.05, 3.63) is 52.6 Å². The van der Waals surface area contributed by atoms with Gasteiger partial charge in [0.15, 0.2) is 0 Å². The standard InChI is InChI=1S/C12H10BrN3O/c13-8-4-1-2-5-9(8)16-12(17)10-6-3-7-11(14)15-10/h1-7H,(H2,14,15)(H,16,17). The number of nitrogen functional groups attached to an aromatic ring is 1. The highest BCUT2D eigenvalue weighted by atomic mass is 79.9. The summed E-state index contributed by atoms with van der Waals surface area (Å²) < 4.78 is 0.817. The average Bonchev–Trinajstić information content (AvgIpc) is 2.32. The molecule has 0 atom stereocenters. The van der Waals surface area contributed by atoms with Gasteiger partial charge in [-0.3, -0.25) is 4.79 Å². The second-order valence-corrected chi connectivity index (χ2v) is 4.24. The van der Waals surface area contributed by atoms with Gasteiger partial charge >= 0.3 is 0 Å². The number of rotatable bonds is 2. The topological polar surface area (TPSA) is 68.0 Å². The first-order valence-corrected chi connectivity index (χ1v) is 5.74. The van der Waals surface area contributed by atoms with E-state index in [0.29, 0.717) is 17.2 Å². The Morgan fingerprint density at radius 3 is 2.65 bits per heavy atom. The molecule has 86 valence electrons. The molecule has 3 N–H and O–H groups in total. The molecule has 1 aromatic carbocycles. The Labute approximate surface area is 107 Å². The quantitative estimate of drug-likeness (QED) is 0.894. The lowest BCUT2D eigenvalue weighted by Gasteiger charge is -2.06. The molecule has 0 radical (unpaired) electrons. The summed E-state index contributed by atoms with van der Waals surface area (Å²) in [4.78, 5) is 15.8. The van der Waals surface area contributed by atoms with Gasteiger partial charge in [-0.05, 0) is 40.2 Å². The SMILES string of the molecule is Nc1cccc(C(=O)Nc2ccccc2Br)n1. The van der Waals surface area contributed by atoms with Crippen LogP contribution in [0.25, 0.3) is 0 Å². The largest absolute Gasteiger partial charge is 0.384 e. The fourth-order valence-corrected chi connectivity index (χ4v) is 1.71. The van der Waals surface area contributed by atoms with Crippen molar-refractivity contribution in [3.63, 3.8) is 0 Å². The Bertz CT molecular complexity index is 557. The molecular weight excluding hydrogens is 282 g/mol. The summed E-state index contributed by atoms with van der Waals surface area (Å²) in [5.41, 5.74) is 6.51. The molecule has 0 bridgehead atoms. The molecular formula is C12H10BrN3O. The van der Waals surface area contributed by atoms with Crippen molar-refractivity contribution >= 4 is 33.3 Å². The minimum absolute atomic E-state index is 0.288. The van der Waals surface area contributed by atoms with Gasteiger partial charge in [0, 0.05) is 4.47 Å². The van der Waals surface area contributed by atoms with Crippen LogP contribution in [0, 0.1) is 0 Å². The molecule has 0 aliphatic rings. The molecule has 17 heavy (non-hydrogen) atoms. The predicted molar refractivity (Wildman–Crippen MR) is 70.7 cm³/mol. The Hall–Kier alpha value is -1.88. The number of nitrogens with two attached hydrogens (primary N) is 1. The fraction of sp³-hybridized carbons (Fsp3) is 0. The molecule has 4 nitrogen and oxygen atoms in total. The van der Waals surface area contributed by atoms with Gasteiger partial charge in [0.2, 0.25) is 0 Å². The Kier molecular flexibility index (Phi) is 3.39. The van der Waals surface area contributed by atoms with Gasteiger partial charge in [-0.1, -0.05) is 18.2 Å². The molecule has 0 spiro atoms. The Morgan fingerprint density at radius 2 is 1.94 bits per heavy atom. The molecule has 2 aromatic rings. The van der Waals surface area contributed by atoms with Crippen molar-refractivity contribution in [2.24, 2.45) is 0 Å². The van der Waals surface area contributed by atoms with Crippen LogP contribution in [-0.4, -0.2) is 10.9 Å². The van der Waals surface area contributed by atoms with Gasteiger partial charge < -0.3 is 11.1 Å². The normalized spacial score (nSPS) is 9.94. The maximum Gasteiger partial charge on any atom is 0.274 e. The van der Waals surface area contributed by atoms with Gasteiger partial charge in [0.25, 0.3) is 5.91 Å². The number of nitrogens with zero attached hydrogens (tertiary/aromatic N) is 1. The molecule has 0 unspecified atom stereocenters. The van der Waals surface area contributed by atoms with E-state index in [1.165, 1.54) is 0 Å². The van der Waals surface area contributed by atoms with E-state index in [4.69, 9.17) is 5.73 Å². The number of carbonyl (C=O) groups excluding carboxylic acids is 1. The van der Waals surface area contributed by atoms with E-state index < -0.39 is 0 Å². The van der Waals surface area contributed by atoms with Crippen LogP contribution in [0.3, 0.4) is 0 Å². The number of para-hydroxylation sites is 1. The second kappa shape index (κ2) is 4.97.